The maximum Gasteiger partial charge on any atom is 0.165 e. The molecule has 152 valence electrons. The Labute approximate surface area is 186 Å². The molecule has 0 unspecified atom stereocenters. The second-order valence-corrected chi connectivity index (χ2v) is 9.31. The van der Waals surface area contributed by atoms with E-state index in [2.05, 4.69) is 85.8 Å². The highest BCUT2D eigenvalue weighted by Gasteiger charge is 2.36. The number of fused-ring (bicyclic) bond motifs is 3. The molecule has 0 fully saturated rings. The van der Waals surface area contributed by atoms with E-state index in [1.165, 1.54) is 25.6 Å². The predicted molar refractivity (Wildman–Crippen MR) is 127 cm³/mol. The topological polar surface area (TPSA) is 27.7 Å². The number of hydrogen-bond donors (Lipinski definition) is 0. The summed E-state index contributed by atoms with van der Waals surface area (Å²) in [6.07, 6.45) is 2.99. The van der Waals surface area contributed by atoms with Gasteiger partial charge in [0.1, 0.15) is 11.4 Å². The van der Waals surface area contributed by atoms with Gasteiger partial charge in [-0.25, -0.2) is 0 Å². The first-order valence-electron chi connectivity index (χ1n) is 10.2. The van der Waals surface area contributed by atoms with Crippen molar-refractivity contribution in [1.29, 1.82) is 0 Å². The lowest BCUT2D eigenvalue weighted by Crippen LogP contribution is -2.24. The lowest BCUT2D eigenvalue weighted by Gasteiger charge is -2.19. The van der Waals surface area contributed by atoms with E-state index in [4.69, 9.17) is 14.2 Å². The molecule has 1 aliphatic heterocycles. The molecule has 0 saturated carbocycles. The van der Waals surface area contributed by atoms with E-state index in [0.717, 1.165) is 41.9 Å². The summed E-state index contributed by atoms with van der Waals surface area (Å²) < 4.78 is 19.5. The summed E-state index contributed by atoms with van der Waals surface area (Å²) in [5.74, 6) is 2.56. The molecule has 0 atom stereocenters. The third kappa shape index (κ3) is 3.79. The van der Waals surface area contributed by atoms with Crippen LogP contribution in [0, 0.1) is 3.57 Å². The maximum atomic E-state index is 6.33. The summed E-state index contributed by atoms with van der Waals surface area (Å²) in [6, 6.07) is 14.8. The second kappa shape index (κ2) is 8.05. The van der Waals surface area contributed by atoms with E-state index in [0.29, 0.717) is 6.61 Å². The van der Waals surface area contributed by atoms with Crippen molar-refractivity contribution >= 4 is 33.4 Å². The monoisotopic (exact) mass is 502 g/mol. The fourth-order valence-electron chi connectivity index (χ4n) is 4.06. The standard InChI is InChI=1S/C25H27IO3/c1-5-6-12-28-20-14-19(26)22(16-10-8-7-9-11-16)23-17(20)13-21(27-4)24-18(23)15-25(2,3)29-24/h7-11,13-14H,5-6,12,15H2,1-4H3. The average molecular weight is 502 g/mol. The van der Waals surface area contributed by atoms with Crippen LogP contribution in [0.4, 0.5) is 0 Å². The van der Waals surface area contributed by atoms with Crippen LogP contribution in [0.5, 0.6) is 17.2 Å². The van der Waals surface area contributed by atoms with Crippen LogP contribution in [0.15, 0.2) is 42.5 Å². The van der Waals surface area contributed by atoms with E-state index in [9.17, 15) is 0 Å². The summed E-state index contributed by atoms with van der Waals surface area (Å²) in [5.41, 5.74) is 3.40. The van der Waals surface area contributed by atoms with Crippen molar-refractivity contribution in [3.05, 3.63) is 51.6 Å². The minimum absolute atomic E-state index is 0.262. The number of unbranched alkanes of at least 4 members (excludes halogenated alkanes) is 1. The highest BCUT2D eigenvalue weighted by Crippen LogP contribution is 2.51. The Morgan fingerprint density at radius 1 is 1.10 bits per heavy atom. The molecule has 4 rings (SSSR count). The Morgan fingerprint density at radius 2 is 1.86 bits per heavy atom. The van der Waals surface area contributed by atoms with Crippen molar-refractivity contribution in [3.63, 3.8) is 0 Å². The van der Waals surface area contributed by atoms with Crippen molar-refractivity contribution in [2.75, 3.05) is 13.7 Å². The smallest absolute Gasteiger partial charge is 0.165 e. The third-order valence-electron chi connectivity index (χ3n) is 5.38. The molecule has 0 bridgehead atoms. The van der Waals surface area contributed by atoms with Crippen LogP contribution >= 0.6 is 22.6 Å². The molecule has 0 radical (unpaired) electrons. The highest BCUT2D eigenvalue weighted by molar-refractivity contribution is 14.1. The van der Waals surface area contributed by atoms with Gasteiger partial charge in [0.15, 0.2) is 11.5 Å². The van der Waals surface area contributed by atoms with Crippen LogP contribution in [0.25, 0.3) is 21.9 Å². The lowest BCUT2D eigenvalue weighted by atomic mass is 9.90. The minimum Gasteiger partial charge on any atom is -0.493 e. The lowest BCUT2D eigenvalue weighted by molar-refractivity contribution is 0.134. The van der Waals surface area contributed by atoms with Crippen LogP contribution in [-0.4, -0.2) is 19.3 Å². The number of benzene rings is 3. The van der Waals surface area contributed by atoms with E-state index < -0.39 is 0 Å². The fourth-order valence-corrected chi connectivity index (χ4v) is 4.93. The molecule has 4 heteroatoms. The zero-order chi connectivity index (χ0) is 20.6. The van der Waals surface area contributed by atoms with Crippen LogP contribution in [0.2, 0.25) is 0 Å². The van der Waals surface area contributed by atoms with Gasteiger partial charge in [0.05, 0.1) is 13.7 Å². The molecule has 0 spiro atoms. The van der Waals surface area contributed by atoms with Gasteiger partial charge in [-0.05, 0) is 60.6 Å². The highest BCUT2D eigenvalue weighted by atomic mass is 127. The van der Waals surface area contributed by atoms with Gasteiger partial charge in [0, 0.05) is 31.9 Å². The summed E-state index contributed by atoms with van der Waals surface area (Å²) in [7, 11) is 1.71. The first-order valence-corrected chi connectivity index (χ1v) is 11.3. The van der Waals surface area contributed by atoms with Gasteiger partial charge in [-0.2, -0.15) is 0 Å². The average Bonchev–Trinajstić information content (AvgIpc) is 3.03. The Kier molecular flexibility index (Phi) is 5.65. The number of hydrogen-bond acceptors (Lipinski definition) is 3. The van der Waals surface area contributed by atoms with Gasteiger partial charge < -0.3 is 14.2 Å². The molecule has 29 heavy (non-hydrogen) atoms. The van der Waals surface area contributed by atoms with Crippen LogP contribution in [-0.2, 0) is 6.42 Å². The summed E-state index contributed by atoms with van der Waals surface area (Å²) in [5, 5.41) is 2.31. The largest absolute Gasteiger partial charge is 0.493 e. The molecule has 3 nitrogen and oxygen atoms in total. The van der Waals surface area contributed by atoms with Crippen LogP contribution < -0.4 is 14.2 Å². The molecule has 0 aromatic heterocycles. The van der Waals surface area contributed by atoms with Crippen molar-refractivity contribution in [3.8, 4) is 28.4 Å². The minimum atomic E-state index is -0.262. The SMILES string of the molecule is CCCCOc1cc(I)c(-c2ccccc2)c2c3c(c(OC)cc12)OC(C)(C)C3. The maximum absolute atomic E-state index is 6.33. The van der Waals surface area contributed by atoms with Gasteiger partial charge in [-0.15, -0.1) is 0 Å². The van der Waals surface area contributed by atoms with E-state index in [1.807, 2.05) is 0 Å². The second-order valence-electron chi connectivity index (χ2n) is 8.15. The molecule has 0 N–H and O–H groups in total. The van der Waals surface area contributed by atoms with E-state index in [-0.39, 0.29) is 5.60 Å². The molecule has 0 saturated heterocycles. The van der Waals surface area contributed by atoms with Crippen molar-refractivity contribution < 1.29 is 14.2 Å². The van der Waals surface area contributed by atoms with Gasteiger partial charge in [0.25, 0.3) is 0 Å². The van der Waals surface area contributed by atoms with Crippen LogP contribution in [0.1, 0.15) is 39.2 Å². The summed E-state index contributed by atoms with van der Waals surface area (Å²) in [6.45, 7) is 7.16. The molecule has 3 aromatic carbocycles. The zero-order valence-corrected chi connectivity index (χ0v) is 19.6. The molecule has 0 amide bonds. The number of rotatable bonds is 6. The van der Waals surface area contributed by atoms with Gasteiger partial charge in [-0.3, -0.25) is 0 Å². The zero-order valence-electron chi connectivity index (χ0n) is 17.5. The molecular formula is C25H27IO3. The van der Waals surface area contributed by atoms with Gasteiger partial charge in [-0.1, -0.05) is 43.7 Å². The molecule has 1 heterocycles. The Hall–Kier alpha value is -1.95. The number of halogens is 1. The Bertz CT molecular complexity index is 1040. The Balaban J connectivity index is 2.05. The first kappa shape index (κ1) is 20.3. The summed E-state index contributed by atoms with van der Waals surface area (Å²) in [4.78, 5) is 0. The van der Waals surface area contributed by atoms with Gasteiger partial charge >= 0.3 is 0 Å². The van der Waals surface area contributed by atoms with Crippen LogP contribution in [0.3, 0.4) is 0 Å². The molecule has 3 aromatic rings. The van der Waals surface area contributed by atoms with Crippen molar-refractivity contribution in [2.45, 2.75) is 45.6 Å². The van der Waals surface area contributed by atoms with E-state index >= 15 is 0 Å². The molecular weight excluding hydrogens is 475 g/mol. The number of ether oxygens (including phenoxy) is 3. The molecule has 1 aliphatic rings. The summed E-state index contributed by atoms with van der Waals surface area (Å²) >= 11 is 2.44. The normalized spacial score (nSPS) is 14.5. The molecule has 0 aliphatic carbocycles. The fraction of sp³-hybridized carbons (Fsp3) is 0.360. The quantitative estimate of drug-likeness (QED) is 0.268. The van der Waals surface area contributed by atoms with Crippen molar-refractivity contribution in [1.82, 2.24) is 0 Å². The van der Waals surface area contributed by atoms with E-state index in [1.54, 1.807) is 7.11 Å². The number of methoxy groups -OCH3 is 1. The van der Waals surface area contributed by atoms with Crippen molar-refractivity contribution in [2.24, 2.45) is 0 Å². The third-order valence-corrected chi connectivity index (χ3v) is 6.23. The first-order chi connectivity index (χ1) is 13.9. The van der Waals surface area contributed by atoms with Gasteiger partial charge in [0.2, 0.25) is 0 Å². The Morgan fingerprint density at radius 3 is 2.55 bits per heavy atom. The predicted octanol–water partition coefficient (Wildman–Crippen LogP) is 7.01.